The summed E-state index contributed by atoms with van der Waals surface area (Å²) in [4.78, 5) is 6.55. The third kappa shape index (κ3) is 3.50. The molecule has 0 amide bonds. The van der Waals surface area contributed by atoms with Crippen molar-refractivity contribution >= 4 is 5.69 Å². The van der Waals surface area contributed by atoms with Gasteiger partial charge in [0, 0.05) is 18.7 Å². The molecule has 5 nitrogen and oxygen atoms in total. The van der Waals surface area contributed by atoms with Crippen LogP contribution in [0.3, 0.4) is 0 Å². The molecule has 1 aliphatic carbocycles. The van der Waals surface area contributed by atoms with Crippen molar-refractivity contribution < 1.29 is 9.47 Å². The van der Waals surface area contributed by atoms with Gasteiger partial charge in [-0.1, -0.05) is 0 Å². The normalized spacial score (nSPS) is 14.8. The summed E-state index contributed by atoms with van der Waals surface area (Å²) in [5, 5.41) is 0. The molecule has 1 aromatic rings. The summed E-state index contributed by atoms with van der Waals surface area (Å²) >= 11 is 0. The first-order chi connectivity index (χ1) is 8.70. The minimum atomic E-state index is 0.450. The quantitative estimate of drug-likeness (QED) is 0.796. The van der Waals surface area contributed by atoms with Crippen molar-refractivity contribution in [3.05, 3.63) is 12.1 Å². The Labute approximate surface area is 108 Å². The van der Waals surface area contributed by atoms with Crippen molar-refractivity contribution in [2.24, 2.45) is 0 Å². The predicted molar refractivity (Wildman–Crippen MR) is 71.0 cm³/mol. The maximum absolute atomic E-state index is 5.75. The lowest BCUT2D eigenvalue weighted by molar-refractivity contribution is 0.223. The van der Waals surface area contributed by atoms with Crippen molar-refractivity contribution in [3.8, 4) is 11.8 Å². The fraction of sp³-hybridized carbons (Fsp3) is 0.615. The first kappa shape index (κ1) is 13.0. The van der Waals surface area contributed by atoms with Gasteiger partial charge in [0.15, 0.2) is 0 Å². The Bertz CT molecular complexity index is 394. The molecule has 18 heavy (non-hydrogen) atoms. The average Bonchev–Trinajstić information content (AvgIpc) is 3.17. The summed E-state index contributed by atoms with van der Waals surface area (Å²) < 4.78 is 10.9. The maximum Gasteiger partial charge on any atom is 0.240 e. The molecular weight excluding hydrogens is 230 g/mol. The zero-order valence-corrected chi connectivity index (χ0v) is 11.1. The Kier molecular flexibility index (Phi) is 4.25. The third-order valence-electron chi connectivity index (χ3n) is 3.01. The van der Waals surface area contributed by atoms with Gasteiger partial charge in [0.2, 0.25) is 11.8 Å². The van der Waals surface area contributed by atoms with Gasteiger partial charge in [-0.05, 0) is 32.9 Å². The number of nitrogens with zero attached hydrogens (tertiary/aromatic N) is 2. The Morgan fingerprint density at radius 3 is 2.83 bits per heavy atom. The zero-order chi connectivity index (χ0) is 13.0. The van der Waals surface area contributed by atoms with Crippen LogP contribution in [0.25, 0.3) is 0 Å². The molecule has 0 aliphatic heterocycles. The summed E-state index contributed by atoms with van der Waals surface area (Å²) in [6.45, 7) is 4.00. The van der Waals surface area contributed by atoms with E-state index in [0.717, 1.165) is 12.6 Å². The van der Waals surface area contributed by atoms with Crippen LogP contribution in [0.5, 0.6) is 11.8 Å². The second kappa shape index (κ2) is 5.91. The van der Waals surface area contributed by atoms with Crippen LogP contribution in [-0.2, 0) is 0 Å². The monoisotopic (exact) mass is 251 g/mol. The second-order valence-electron chi connectivity index (χ2n) is 4.54. The van der Waals surface area contributed by atoms with Gasteiger partial charge in [-0.15, -0.1) is 0 Å². The number of nitrogens with two attached hydrogens (primary N) is 1. The van der Waals surface area contributed by atoms with Gasteiger partial charge in [-0.3, -0.25) is 0 Å². The number of hydrogen-bond donors (Lipinski definition) is 1. The number of likely N-dealkylation sites (N-methyl/N-ethyl adjacent to an activating group) is 1. The molecule has 0 aromatic carbocycles. The number of pyridine rings is 1. The lowest BCUT2D eigenvalue weighted by Gasteiger charge is -2.15. The topological polar surface area (TPSA) is 60.6 Å². The highest BCUT2D eigenvalue weighted by Crippen LogP contribution is 2.25. The average molecular weight is 251 g/mol. The molecule has 100 valence electrons. The predicted octanol–water partition coefficient (Wildman–Crippen LogP) is 1.54. The lowest BCUT2D eigenvalue weighted by atomic mass is 10.4. The summed E-state index contributed by atoms with van der Waals surface area (Å²) in [5.41, 5.74) is 6.29. The molecule has 0 saturated heterocycles. The van der Waals surface area contributed by atoms with Gasteiger partial charge in [-0.2, -0.15) is 4.98 Å². The van der Waals surface area contributed by atoms with Crippen LogP contribution in [0.15, 0.2) is 12.1 Å². The van der Waals surface area contributed by atoms with Crippen molar-refractivity contribution in [3.63, 3.8) is 0 Å². The molecule has 0 bridgehead atoms. The molecule has 1 heterocycles. The van der Waals surface area contributed by atoms with E-state index >= 15 is 0 Å². The largest absolute Gasteiger partial charge is 0.476 e. The molecule has 1 aliphatic rings. The molecule has 0 unspecified atom stereocenters. The highest BCUT2D eigenvalue weighted by molar-refractivity contribution is 5.49. The van der Waals surface area contributed by atoms with E-state index in [-0.39, 0.29) is 0 Å². The minimum Gasteiger partial charge on any atom is -0.476 e. The van der Waals surface area contributed by atoms with E-state index in [1.54, 1.807) is 12.1 Å². The highest BCUT2D eigenvalue weighted by atomic mass is 16.5. The van der Waals surface area contributed by atoms with Crippen LogP contribution >= 0.6 is 0 Å². The molecule has 5 heteroatoms. The van der Waals surface area contributed by atoms with E-state index in [1.165, 1.54) is 12.8 Å². The number of ether oxygens (including phenoxy) is 2. The Morgan fingerprint density at radius 1 is 1.39 bits per heavy atom. The van der Waals surface area contributed by atoms with Crippen LogP contribution in [-0.4, -0.2) is 42.7 Å². The molecule has 0 radical (unpaired) electrons. The van der Waals surface area contributed by atoms with Crippen molar-refractivity contribution in [1.29, 1.82) is 0 Å². The molecule has 0 spiro atoms. The third-order valence-corrected chi connectivity index (χ3v) is 3.01. The van der Waals surface area contributed by atoms with Gasteiger partial charge in [-0.25, -0.2) is 0 Å². The fourth-order valence-electron chi connectivity index (χ4n) is 1.76. The number of aromatic nitrogens is 1. The SMILES string of the molecule is CCOc1nc(OCCN(C)C2CC2)ccc1N. The standard InChI is InChI=1S/C13H21N3O2/c1-3-17-13-11(14)6-7-12(15-13)18-9-8-16(2)10-4-5-10/h6-7,10H,3-5,8-9,14H2,1-2H3. The molecule has 2 rings (SSSR count). The fourth-order valence-corrected chi connectivity index (χ4v) is 1.76. The molecular formula is C13H21N3O2. The van der Waals surface area contributed by atoms with Crippen LogP contribution in [0, 0.1) is 0 Å². The van der Waals surface area contributed by atoms with Crippen LogP contribution in [0.4, 0.5) is 5.69 Å². The van der Waals surface area contributed by atoms with E-state index in [9.17, 15) is 0 Å². The lowest BCUT2D eigenvalue weighted by Crippen LogP contribution is -2.26. The second-order valence-corrected chi connectivity index (χ2v) is 4.54. The molecule has 1 aromatic heterocycles. The number of hydrogen-bond acceptors (Lipinski definition) is 5. The Morgan fingerprint density at radius 2 is 2.17 bits per heavy atom. The minimum absolute atomic E-state index is 0.450. The first-order valence-corrected chi connectivity index (χ1v) is 6.43. The van der Waals surface area contributed by atoms with Gasteiger partial charge in [0.1, 0.15) is 6.61 Å². The van der Waals surface area contributed by atoms with E-state index in [0.29, 0.717) is 30.7 Å². The van der Waals surface area contributed by atoms with Crippen molar-refractivity contribution in [2.45, 2.75) is 25.8 Å². The number of nitrogen functional groups attached to an aromatic ring is 1. The summed E-state index contributed by atoms with van der Waals surface area (Å²) in [6, 6.07) is 4.29. The van der Waals surface area contributed by atoms with E-state index in [4.69, 9.17) is 15.2 Å². The maximum atomic E-state index is 5.75. The van der Waals surface area contributed by atoms with Gasteiger partial charge in [0.05, 0.1) is 12.3 Å². The highest BCUT2D eigenvalue weighted by Gasteiger charge is 2.25. The molecule has 0 atom stereocenters. The zero-order valence-electron chi connectivity index (χ0n) is 11.1. The van der Waals surface area contributed by atoms with Crippen LogP contribution < -0.4 is 15.2 Å². The Hall–Kier alpha value is -1.49. The molecule has 1 fully saturated rings. The smallest absolute Gasteiger partial charge is 0.240 e. The summed E-state index contributed by atoms with van der Waals surface area (Å²) in [7, 11) is 2.13. The van der Waals surface area contributed by atoms with Gasteiger partial charge < -0.3 is 20.1 Å². The van der Waals surface area contributed by atoms with Crippen molar-refractivity contribution in [1.82, 2.24) is 9.88 Å². The van der Waals surface area contributed by atoms with Crippen LogP contribution in [0.1, 0.15) is 19.8 Å². The van der Waals surface area contributed by atoms with Gasteiger partial charge in [0.25, 0.3) is 0 Å². The molecule has 2 N–H and O–H groups in total. The summed E-state index contributed by atoms with van der Waals surface area (Å²) in [6.07, 6.45) is 2.62. The number of anilines is 1. The summed E-state index contributed by atoms with van der Waals surface area (Å²) in [5.74, 6) is 1.02. The molecule has 1 saturated carbocycles. The van der Waals surface area contributed by atoms with E-state index in [2.05, 4.69) is 16.9 Å². The first-order valence-electron chi connectivity index (χ1n) is 6.43. The van der Waals surface area contributed by atoms with E-state index < -0.39 is 0 Å². The van der Waals surface area contributed by atoms with Gasteiger partial charge >= 0.3 is 0 Å². The van der Waals surface area contributed by atoms with Crippen LogP contribution in [0.2, 0.25) is 0 Å². The Balaban J connectivity index is 1.82. The van der Waals surface area contributed by atoms with E-state index in [1.807, 2.05) is 6.92 Å². The van der Waals surface area contributed by atoms with Crippen molar-refractivity contribution in [2.75, 3.05) is 32.5 Å². The number of rotatable bonds is 7.